The molecule has 2 aromatic rings. The summed E-state index contributed by atoms with van der Waals surface area (Å²) in [5.74, 6) is -1.10. The minimum absolute atomic E-state index is 0.240. The molecular weight excluding hydrogens is 364 g/mol. The van der Waals surface area contributed by atoms with Crippen LogP contribution < -0.4 is 16.0 Å². The lowest BCUT2D eigenvalue weighted by Gasteiger charge is -2.27. The number of aromatic hydroxyl groups is 1. The van der Waals surface area contributed by atoms with Gasteiger partial charge in [0.15, 0.2) is 5.75 Å². The highest BCUT2D eigenvalue weighted by Crippen LogP contribution is 2.44. The number of pyridine rings is 1. The zero-order chi connectivity index (χ0) is 15.5. The third-order valence-corrected chi connectivity index (χ3v) is 4.79. The molecule has 0 spiro atoms. The van der Waals surface area contributed by atoms with Crippen LogP contribution in [0.3, 0.4) is 0 Å². The van der Waals surface area contributed by atoms with Gasteiger partial charge >= 0.3 is 0 Å². The van der Waals surface area contributed by atoms with Gasteiger partial charge in [0.25, 0.3) is 11.5 Å². The molecular formula is C13H10BrClN2O4. The second-order valence-corrected chi connectivity index (χ2v) is 6.02. The summed E-state index contributed by atoms with van der Waals surface area (Å²) in [6, 6.07) is 1.16. The summed E-state index contributed by atoms with van der Waals surface area (Å²) < 4.78 is 7.50. The average molecular weight is 374 g/mol. The van der Waals surface area contributed by atoms with Crippen molar-refractivity contribution in [3.8, 4) is 11.5 Å². The van der Waals surface area contributed by atoms with E-state index in [0.717, 1.165) is 0 Å². The lowest BCUT2D eigenvalue weighted by Crippen LogP contribution is -2.35. The molecule has 1 aromatic heterocycles. The Labute approximate surface area is 132 Å². The van der Waals surface area contributed by atoms with Gasteiger partial charge < -0.3 is 15.6 Å². The number of amides is 1. The number of hydrogen-bond donors (Lipinski definition) is 2. The molecule has 6 nitrogen and oxygen atoms in total. The number of carbonyl (C=O) groups excluding carboxylic acids is 1. The Hall–Kier alpha value is -1.73. The van der Waals surface area contributed by atoms with Crippen molar-refractivity contribution in [1.82, 2.24) is 4.57 Å². The molecule has 0 saturated carbocycles. The van der Waals surface area contributed by atoms with E-state index in [1.54, 1.807) is 6.92 Å². The maximum atomic E-state index is 12.5. The zero-order valence-electron chi connectivity index (χ0n) is 10.8. The first-order valence-electron chi connectivity index (χ1n) is 6.06. The number of aromatic nitrogens is 1. The molecule has 0 fully saturated rings. The molecule has 0 bridgehead atoms. The minimum atomic E-state index is -0.984. The smallest absolute Gasteiger partial charge is 0.268 e. The Bertz CT molecular complexity index is 862. The number of rotatable bonds is 1. The highest BCUT2D eigenvalue weighted by molar-refractivity contribution is 9.10. The Morgan fingerprint density at radius 1 is 1.62 bits per heavy atom. The summed E-state index contributed by atoms with van der Waals surface area (Å²) in [4.78, 5) is 24.0. The van der Waals surface area contributed by atoms with Crippen LogP contribution in [0.25, 0.3) is 10.9 Å². The van der Waals surface area contributed by atoms with Gasteiger partial charge in [-0.3, -0.25) is 14.2 Å². The van der Waals surface area contributed by atoms with E-state index in [1.807, 2.05) is 0 Å². The summed E-state index contributed by atoms with van der Waals surface area (Å²) in [6.07, 6.45) is 0. The molecule has 0 unspecified atom stereocenters. The van der Waals surface area contributed by atoms with Crippen molar-refractivity contribution in [2.24, 2.45) is 5.73 Å². The summed E-state index contributed by atoms with van der Waals surface area (Å²) in [5, 5.41) is 10.8. The van der Waals surface area contributed by atoms with Crippen molar-refractivity contribution in [3.63, 3.8) is 0 Å². The largest absolute Gasteiger partial charge is 0.506 e. The summed E-state index contributed by atoms with van der Waals surface area (Å²) >= 11 is 9.39. The predicted molar refractivity (Wildman–Crippen MR) is 81.3 cm³/mol. The van der Waals surface area contributed by atoms with E-state index in [-0.39, 0.29) is 18.0 Å². The molecule has 1 aliphatic heterocycles. The normalized spacial score (nSPS) is 16.8. The monoisotopic (exact) mass is 372 g/mol. The van der Waals surface area contributed by atoms with Crippen molar-refractivity contribution in [3.05, 3.63) is 31.5 Å². The number of halogens is 2. The molecule has 0 aliphatic carbocycles. The molecule has 1 aromatic carbocycles. The first-order chi connectivity index (χ1) is 9.84. The number of carbonyl (C=O) groups is 1. The molecule has 1 amide bonds. The number of ether oxygens (including phenoxy) is 1. The van der Waals surface area contributed by atoms with Crippen LogP contribution in [0.15, 0.2) is 15.3 Å². The lowest BCUT2D eigenvalue weighted by molar-refractivity contribution is 0.0995. The lowest BCUT2D eigenvalue weighted by atomic mass is 10.1. The van der Waals surface area contributed by atoms with Gasteiger partial charge in [-0.25, -0.2) is 0 Å². The Morgan fingerprint density at radius 2 is 2.29 bits per heavy atom. The van der Waals surface area contributed by atoms with Crippen LogP contribution in [-0.4, -0.2) is 22.2 Å². The maximum Gasteiger partial charge on any atom is 0.268 e. The third-order valence-electron chi connectivity index (χ3n) is 3.47. The van der Waals surface area contributed by atoms with Gasteiger partial charge in [0.2, 0.25) is 0 Å². The molecule has 1 atom stereocenters. The Morgan fingerprint density at radius 3 is 2.90 bits per heavy atom. The Kier molecular flexibility index (Phi) is 3.14. The molecule has 110 valence electrons. The Balaban J connectivity index is 2.64. The number of nitrogens with two attached hydrogens (primary N) is 1. The highest BCUT2D eigenvalue weighted by atomic mass is 79.9. The van der Waals surface area contributed by atoms with Crippen molar-refractivity contribution in [2.45, 2.75) is 13.0 Å². The SMILES string of the molecule is C[C@H]1COc2c(Br)c(Cl)cc3c(O)c(C(N)=O)c(=O)n1c23. The van der Waals surface area contributed by atoms with E-state index < -0.39 is 22.8 Å². The zero-order valence-corrected chi connectivity index (χ0v) is 13.2. The molecule has 0 radical (unpaired) electrons. The van der Waals surface area contributed by atoms with Crippen LogP contribution in [-0.2, 0) is 0 Å². The summed E-state index contributed by atoms with van der Waals surface area (Å²) in [5.41, 5.74) is 4.52. The number of hydrogen-bond acceptors (Lipinski definition) is 4. The van der Waals surface area contributed by atoms with E-state index in [0.29, 0.717) is 20.8 Å². The van der Waals surface area contributed by atoms with Crippen LogP contribution in [0.2, 0.25) is 5.02 Å². The third kappa shape index (κ3) is 1.84. The van der Waals surface area contributed by atoms with Crippen LogP contribution in [0.5, 0.6) is 11.5 Å². The minimum Gasteiger partial charge on any atom is -0.506 e. The standard InChI is InChI=1S/C13H10BrClN2O4/c1-4-3-21-11-8(14)6(15)2-5-9(11)17(4)13(20)7(10(5)18)12(16)19/h2,4,18H,3H2,1H3,(H2,16,19)/t4-/m0/s1. The van der Waals surface area contributed by atoms with Crippen LogP contribution in [0.4, 0.5) is 0 Å². The summed E-state index contributed by atoms with van der Waals surface area (Å²) in [7, 11) is 0. The van der Waals surface area contributed by atoms with Gasteiger partial charge in [0, 0.05) is 5.39 Å². The molecule has 1 aliphatic rings. The number of primary amides is 1. The first kappa shape index (κ1) is 14.2. The number of benzene rings is 1. The van der Waals surface area contributed by atoms with Crippen LogP contribution in [0.1, 0.15) is 23.3 Å². The van der Waals surface area contributed by atoms with Crippen molar-refractivity contribution < 1.29 is 14.6 Å². The van der Waals surface area contributed by atoms with Gasteiger partial charge in [-0.2, -0.15) is 0 Å². The van der Waals surface area contributed by atoms with Gasteiger partial charge in [-0.15, -0.1) is 0 Å². The van der Waals surface area contributed by atoms with Gasteiger partial charge in [-0.1, -0.05) is 11.6 Å². The van der Waals surface area contributed by atoms with E-state index in [9.17, 15) is 14.7 Å². The van der Waals surface area contributed by atoms with Crippen molar-refractivity contribution >= 4 is 44.3 Å². The second-order valence-electron chi connectivity index (χ2n) is 4.82. The van der Waals surface area contributed by atoms with Crippen molar-refractivity contribution in [2.75, 3.05) is 6.61 Å². The molecule has 8 heteroatoms. The molecule has 2 heterocycles. The molecule has 3 N–H and O–H groups in total. The van der Waals surface area contributed by atoms with Crippen molar-refractivity contribution in [1.29, 1.82) is 0 Å². The fourth-order valence-electron chi connectivity index (χ4n) is 2.52. The van der Waals surface area contributed by atoms with Crippen LogP contribution in [0, 0.1) is 0 Å². The topological polar surface area (TPSA) is 94.6 Å². The maximum absolute atomic E-state index is 12.5. The molecule has 21 heavy (non-hydrogen) atoms. The molecule has 3 rings (SSSR count). The second kappa shape index (κ2) is 4.64. The average Bonchev–Trinajstić information content (AvgIpc) is 2.40. The highest BCUT2D eigenvalue weighted by Gasteiger charge is 2.30. The van der Waals surface area contributed by atoms with E-state index >= 15 is 0 Å². The van der Waals surface area contributed by atoms with Crippen LogP contribution >= 0.6 is 27.5 Å². The quantitative estimate of drug-likeness (QED) is 0.801. The molecule has 0 saturated heterocycles. The first-order valence-corrected chi connectivity index (χ1v) is 7.23. The predicted octanol–water partition coefficient (Wildman–Crippen LogP) is 2.18. The fraction of sp³-hybridized carbons (Fsp3) is 0.231. The van der Waals surface area contributed by atoms with Gasteiger partial charge in [0.1, 0.15) is 17.9 Å². The van der Waals surface area contributed by atoms with Gasteiger partial charge in [-0.05, 0) is 28.9 Å². The summed E-state index contributed by atoms with van der Waals surface area (Å²) in [6.45, 7) is 2.01. The van der Waals surface area contributed by atoms with Gasteiger partial charge in [0.05, 0.1) is 21.1 Å². The number of nitrogens with zero attached hydrogens (tertiary/aromatic N) is 1. The van der Waals surface area contributed by atoms with E-state index in [2.05, 4.69) is 15.9 Å². The fourth-order valence-corrected chi connectivity index (χ4v) is 3.14. The van der Waals surface area contributed by atoms with E-state index in [1.165, 1.54) is 10.6 Å². The van der Waals surface area contributed by atoms with E-state index in [4.69, 9.17) is 22.1 Å².